The molecule has 1 aromatic rings. The standard InChI is InChI=1S/C13H21N3O2/c1-12(2)10(8-13(12,3)18-4)15-11(17)9-16-7-5-6-14-16/h5-7,10H,8-9H2,1-4H3,(H,15,17)/t10-,13-/m0/s1. The SMILES string of the molecule is CO[C@@]1(C)C[C@H](NC(=O)Cn2cccn2)C1(C)C. The summed E-state index contributed by atoms with van der Waals surface area (Å²) in [4.78, 5) is 11.9. The number of carbonyl (C=O) groups is 1. The zero-order valence-corrected chi connectivity index (χ0v) is 11.4. The van der Waals surface area contributed by atoms with E-state index in [1.54, 1.807) is 24.2 Å². The first-order valence-electron chi connectivity index (χ1n) is 6.21. The van der Waals surface area contributed by atoms with Gasteiger partial charge >= 0.3 is 0 Å². The minimum atomic E-state index is -0.156. The van der Waals surface area contributed by atoms with E-state index in [0.717, 1.165) is 6.42 Å². The van der Waals surface area contributed by atoms with E-state index in [0.29, 0.717) is 0 Å². The van der Waals surface area contributed by atoms with Crippen molar-refractivity contribution >= 4 is 5.91 Å². The summed E-state index contributed by atoms with van der Waals surface area (Å²) in [6, 6.07) is 1.97. The Hall–Kier alpha value is -1.36. The van der Waals surface area contributed by atoms with Crippen molar-refractivity contribution in [1.82, 2.24) is 15.1 Å². The van der Waals surface area contributed by atoms with Crippen molar-refractivity contribution in [2.45, 2.75) is 45.4 Å². The van der Waals surface area contributed by atoms with Crippen molar-refractivity contribution in [3.63, 3.8) is 0 Å². The van der Waals surface area contributed by atoms with Gasteiger partial charge in [-0.3, -0.25) is 9.48 Å². The Morgan fingerprint density at radius 2 is 2.28 bits per heavy atom. The maximum Gasteiger partial charge on any atom is 0.241 e. The van der Waals surface area contributed by atoms with Crippen LogP contribution in [0.15, 0.2) is 18.5 Å². The molecule has 1 heterocycles. The van der Waals surface area contributed by atoms with Crippen LogP contribution in [0, 0.1) is 5.41 Å². The molecule has 1 aromatic heterocycles. The highest BCUT2D eigenvalue weighted by atomic mass is 16.5. The molecule has 0 unspecified atom stereocenters. The minimum absolute atomic E-state index is 0.00470. The smallest absolute Gasteiger partial charge is 0.241 e. The number of ether oxygens (including phenoxy) is 1. The van der Waals surface area contributed by atoms with Crippen molar-refractivity contribution in [3.8, 4) is 0 Å². The second-order valence-electron chi connectivity index (χ2n) is 5.68. The Kier molecular flexibility index (Phi) is 3.19. The van der Waals surface area contributed by atoms with E-state index in [1.807, 2.05) is 6.07 Å². The van der Waals surface area contributed by atoms with E-state index in [4.69, 9.17) is 4.74 Å². The van der Waals surface area contributed by atoms with Gasteiger partial charge < -0.3 is 10.1 Å². The monoisotopic (exact) mass is 251 g/mol. The lowest BCUT2D eigenvalue weighted by molar-refractivity contribution is -0.182. The van der Waals surface area contributed by atoms with Crippen molar-refractivity contribution < 1.29 is 9.53 Å². The van der Waals surface area contributed by atoms with Crippen LogP contribution in [0.25, 0.3) is 0 Å². The molecular weight excluding hydrogens is 230 g/mol. The number of methoxy groups -OCH3 is 1. The van der Waals surface area contributed by atoms with Gasteiger partial charge in [-0.15, -0.1) is 0 Å². The Morgan fingerprint density at radius 3 is 2.78 bits per heavy atom. The topological polar surface area (TPSA) is 56.1 Å². The maximum atomic E-state index is 11.9. The van der Waals surface area contributed by atoms with Gasteiger partial charge in [0.25, 0.3) is 0 Å². The second kappa shape index (κ2) is 4.39. The summed E-state index contributed by atoms with van der Waals surface area (Å²) in [5.74, 6) is -0.00470. The van der Waals surface area contributed by atoms with Crippen LogP contribution < -0.4 is 5.32 Å². The molecule has 1 amide bonds. The van der Waals surface area contributed by atoms with Gasteiger partial charge in [0.05, 0.1) is 5.60 Å². The average Bonchev–Trinajstić information content (AvgIpc) is 2.80. The molecule has 5 nitrogen and oxygen atoms in total. The van der Waals surface area contributed by atoms with E-state index in [9.17, 15) is 4.79 Å². The van der Waals surface area contributed by atoms with Crippen LogP contribution in [0.3, 0.4) is 0 Å². The third kappa shape index (κ3) is 2.03. The summed E-state index contributed by atoms with van der Waals surface area (Å²) < 4.78 is 7.16. The van der Waals surface area contributed by atoms with E-state index in [1.165, 1.54) is 0 Å². The zero-order chi connectivity index (χ0) is 13.4. The lowest BCUT2D eigenvalue weighted by Gasteiger charge is -2.59. The van der Waals surface area contributed by atoms with Crippen LogP contribution in [0.4, 0.5) is 0 Å². The van der Waals surface area contributed by atoms with Gasteiger partial charge in [-0.1, -0.05) is 13.8 Å². The predicted molar refractivity (Wildman–Crippen MR) is 68.0 cm³/mol. The lowest BCUT2D eigenvalue weighted by atomic mass is 9.56. The van der Waals surface area contributed by atoms with Gasteiger partial charge in [0.15, 0.2) is 0 Å². The molecule has 1 aliphatic carbocycles. The van der Waals surface area contributed by atoms with Crippen LogP contribution in [-0.4, -0.2) is 34.4 Å². The summed E-state index contributed by atoms with van der Waals surface area (Å²) in [6.07, 6.45) is 4.30. The highest BCUT2D eigenvalue weighted by Crippen LogP contribution is 2.51. The molecule has 0 saturated heterocycles. The highest BCUT2D eigenvalue weighted by molar-refractivity contribution is 5.76. The normalized spacial score (nSPS) is 29.7. The van der Waals surface area contributed by atoms with Crippen molar-refractivity contribution in [1.29, 1.82) is 0 Å². The summed E-state index contributed by atoms with van der Waals surface area (Å²) >= 11 is 0. The molecule has 2 rings (SSSR count). The van der Waals surface area contributed by atoms with Gasteiger partial charge in [0.2, 0.25) is 5.91 Å². The largest absolute Gasteiger partial charge is 0.378 e. The first-order valence-corrected chi connectivity index (χ1v) is 6.21. The molecule has 1 saturated carbocycles. The molecular formula is C13H21N3O2. The molecule has 5 heteroatoms. The van der Waals surface area contributed by atoms with E-state index >= 15 is 0 Å². The predicted octanol–water partition coefficient (Wildman–Crippen LogP) is 1.20. The second-order valence-corrected chi connectivity index (χ2v) is 5.68. The highest BCUT2D eigenvalue weighted by Gasteiger charge is 2.58. The molecule has 1 aliphatic rings. The first-order chi connectivity index (χ1) is 8.39. The fourth-order valence-corrected chi connectivity index (χ4v) is 2.50. The number of amides is 1. The van der Waals surface area contributed by atoms with Crippen molar-refractivity contribution in [2.24, 2.45) is 5.41 Å². The summed E-state index contributed by atoms with van der Waals surface area (Å²) in [6.45, 7) is 6.60. The van der Waals surface area contributed by atoms with Gasteiger partial charge in [-0.25, -0.2) is 0 Å². The third-order valence-electron chi connectivity index (χ3n) is 4.48. The zero-order valence-electron chi connectivity index (χ0n) is 11.4. The fraction of sp³-hybridized carbons (Fsp3) is 0.692. The van der Waals surface area contributed by atoms with Crippen LogP contribution >= 0.6 is 0 Å². The number of hydrogen-bond donors (Lipinski definition) is 1. The van der Waals surface area contributed by atoms with Crippen LogP contribution in [0.5, 0.6) is 0 Å². The van der Waals surface area contributed by atoms with Gasteiger partial charge in [0.1, 0.15) is 6.54 Å². The molecule has 18 heavy (non-hydrogen) atoms. The molecule has 0 spiro atoms. The van der Waals surface area contributed by atoms with Crippen LogP contribution in [0.2, 0.25) is 0 Å². The lowest BCUT2D eigenvalue weighted by Crippen LogP contribution is -2.68. The minimum Gasteiger partial charge on any atom is -0.378 e. The first kappa shape index (κ1) is 13.1. The Balaban J connectivity index is 1.90. The molecule has 100 valence electrons. The molecule has 2 atom stereocenters. The molecule has 0 bridgehead atoms. The van der Waals surface area contributed by atoms with Gasteiger partial charge in [0, 0.05) is 31.0 Å². The number of nitrogens with one attached hydrogen (secondary N) is 1. The maximum absolute atomic E-state index is 11.9. The third-order valence-corrected chi connectivity index (χ3v) is 4.48. The molecule has 1 fully saturated rings. The number of hydrogen-bond acceptors (Lipinski definition) is 3. The number of nitrogens with zero attached hydrogens (tertiary/aromatic N) is 2. The van der Waals surface area contributed by atoms with Crippen molar-refractivity contribution in [3.05, 3.63) is 18.5 Å². The van der Waals surface area contributed by atoms with Gasteiger partial charge in [-0.2, -0.15) is 5.10 Å². The van der Waals surface area contributed by atoms with E-state index in [2.05, 4.69) is 31.2 Å². The molecule has 0 aromatic carbocycles. The summed E-state index contributed by atoms with van der Waals surface area (Å²) in [7, 11) is 1.73. The summed E-state index contributed by atoms with van der Waals surface area (Å²) in [5, 5.41) is 7.07. The number of carbonyl (C=O) groups excluding carboxylic acids is 1. The molecule has 0 radical (unpaired) electrons. The number of rotatable bonds is 4. The number of aromatic nitrogens is 2. The Bertz CT molecular complexity index is 427. The van der Waals surface area contributed by atoms with Gasteiger partial charge in [-0.05, 0) is 19.4 Å². The van der Waals surface area contributed by atoms with E-state index in [-0.39, 0.29) is 29.5 Å². The molecule has 1 N–H and O–H groups in total. The quantitative estimate of drug-likeness (QED) is 0.875. The molecule has 0 aliphatic heterocycles. The van der Waals surface area contributed by atoms with Crippen molar-refractivity contribution in [2.75, 3.05) is 7.11 Å². The van der Waals surface area contributed by atoms with Crippen LogP contribution in [-0.2, 0) is 16.1 Å². The fourth-order valence-electron chi connectivity index (χ4n) is 2.50. The van der Waals surface area contributed by atoms with Crippen LogP contribution in [0.1, 0.15) is 27.2 Å². The van der Waals surface area contributed by atoms with E-state index < -0.39 is 0 Å². The average molecular weight is 251 g/mol. The Labute approximate surface area is 108 Å². The Morgan fingerprint density at radius 1 is 1.56 bits per heavy atom. The summed E-state index contributed by atoms with van der Waals surface area (Å²) in [5.41, 5.74) is -0.210.